The van der Waals surface area contributed by atoms with Gasteiger partial charge in [0.15, 0.2) is 0 Å². The molecule has 0 unspecified atom stereocenters. The van der Waals surface area contributed by atoms with Crippen LogP contribution in [0.2, 0.25) is 0 Å². The summed E-state index contributed by atoms with van der Waals surface area (Å²) in [5.74, 6) is 0. The first-order valence-corrected chi connectivity index (χ1v) is 24.6. The van der Waals surface area contributed by atoms with Gasteiger partial charge in [0.1, 0.15) is 0 Å². The molecule has 0 saturated carbocycles. The second-order valence-corrected chi connectivity index (χ2v) is 20.1. The van der Waals surface area contributed by atoms with Gasteiger partial charge in [0.2, 0.25) is 0 Å². The number of fused-ring (bicyclic) bond motifs is 15. The van der Waals surface area contributed by atoms with Gasteiger partial charge in [-0.1, -0.05) is 163 Å². The Balaban J connectivity index is 1.04. The van der Waals surface area contributed by atoms with E-state index in [1.165, 1.54) is 112 Å². The van der Waals surface area contributed by atoms with Gasteiger partial charge in [-0.15, -0.1) is 11.3 Å². The van der Waals surface area contributed by atoms with Crippen molar-refractivity contribution in [1.82, 2.24) is 4.57 Å². The molecule has 2 aromatic heterocycles. The van der Waals surface area contributed by atoms with Crippen LogP contribution in [0.1, 0.15) is 22.3 Å². The molecule has 0 bridgehead atoms. The Labute approximate surface area is 395 Å². The number of benzene rings is 11. The number of anilines is 3. The van der Waals surface area contributed by atoms with Gasteiger partial charge in [0, 0.05) is 63.2 Å². The van der Waals surface area contributed by atoms with Crippen LogP contribution in [0.3, 0.4) is 0 Å². The van der Waals surface area contributed by atoms with Gasteiger partial charge in [-0.05, 0) is 128 Å². The minimum atomic E-state index is -0.563. The lowest BCUT2D eigenvalue weighted by atomic mass is 9.59. The highest BCUT2D eigenvalue weighted by molar-refractivity contribution is 7.99. The minimum Gasteiger partial charge on any atom is -0.310 e. The molecule has 312 valence electrons. The van der Waals surface area contributed by atoms with Crippen molar-refractivity contribution in [3.8, 4) is 16.8 Å². The number of para-hydroxylation sites is 1. The van der Waals surface area contributed by atoms with Crippen LogP contribution in [-0.2, 0) is 5.41 Å². The Bertz CT molecular complexity index is 4170. The summed E-state index contributed by atoms with van der Waals surface area (Å²) in [5, 5.41) is 10.1. The van der Waals surface area contributed by atoms with Crippen LogP contribution >= 0.6 is 23.1 Å². The number of hydrogen-bond acceptors (Lipinski definition) is 3. The van der Waals surface area contributed by atoms with Crippen molar-refractivity contribution in [2.24, 2.45) is 0 Å². The first-order chi connectivity index (χ1) is 33.2. The van der Waals surface area contributed by atoms with Gasteiger partial charge in [-0.25, -0.2) is 0 Å². The summed E-state index contributed by atoms with van der Waals surface area (Å²) in [4.78, 5) is 5.11. The van der Waals surface area contributed by atoms with Gasteiger partial charge in [-0.2, -0.15) is 0 Å². The van der Waals surface area contributed by atoms with E-state index in [9.17, 15) is 0 Å². The first-order valence-electron chi connectivity index (χ1n) is 23.0. The summed E-state index contributed by atoms with van der Waals surface area (Å²) < 4.78 is 5.06. The van der Waals surface area contributed by atoms with Crippen molar-refractivity contribution in [3.63, 3.8) is 0 Å². The zero-order valence-corrected chi connectivity index (χ0v) is 37.8. The van der Waals surface area contributed by atoms with E-state index in [0.717, 1.165) is 17.1 Å². The third-order valence-electron chi connectivity index (χ3n) is 14.6. The summed E-state index contributed by atoms with van der Waals surface area (Å²) in [7, 11) is 0. The molecule has 2 aliphatic rings. The molecule has 13 aromatic rings. The largest absolute Gasteiger partial charge is 0.310 e. The quantitative estimate of drug-likeness (QED) is 0.174. The lowest BCUT2D eigenvalue weighted by Crippen LogP contribution is -2.36. The predicted octanol–water partition coefficient (Wildman–Crippen LogP) is 17.8. The molecule has 1 aliphatic heterocycles. The number of thiophene rings is 1. The normalized spacial score (nSPS) is 13.4. The van der Waals surface area contributed by atoms with Crippen LogP contribution in [0.4, 0.5) is 17.1 Å². The molecule has 67 heavy (non-hydrogen) atoms. The van der Waals surface area contributed by atoms with Gasteiger partial charge in [-0.3, -0.25) is 0 Å². The summed E-state index contributed by atoms with van der Waals surface area (Å²) >= 11 is 3.76. The average Bonchev–Trinajstić information content (AvgIpc) is 3.92. The smallest absolute Gasteiger partial charge is 0.0736 e. The lowest BCUT2D eigenvalue weighted by molar-refractivity contribution is 0.707. The van der Waals surface area contributed by atoms with Crippen molar-refractivity contribution in [2.45, 2.75) is 15.2 Å². The fourth-order valence-electron chi connectivity index (χ4n) is 11.9. The van der Waals surface area contributed by atoms with E-state index in [-0.39, 0.29) is 0 Å². The summed E-state index contributed by atoms with van der Waals surface area (Å²) in [6, 6.07) is 86.7. The van der Waals surface area contributed by atoms with E-state index in [1.807, 2.05) is 23.1 Å². The molecule has 15 rings (SSSR count). The molecular formula is C63H38N2S2. The molecule has 1 aliphatic carbocycles. The summed E-state index contributed by atoms with van der Waals surface area (Å²) in [6.07, 6.45) is 0. The number of rotatable bonds is 4. The monoisotopic (exact) mass is 886 g/mol. The van der Waals surface area contributed by atoms with Crippen LogP contribution in [0.15, 0.2) is 240 Å². The van der Waals surface area contributed by atoms with Crippen LogP contribution in [-0.4, -0.2) is 4.57 Å². The molecule has 0 N–H and O–H groups in total. The molecule has 0 fully saturated rings. The molecule has 2 nitrogen and oxygen atoms in total. The molecule has 3 heterocycles. The lowest BCUT2D eigenvalue weighted by Gasteiger charge is -2.46. The van der Waals surface area contributed by atoms with Crippen LogP contribution < -0.4 is 4.90 Å². The third-order valence-corrected chi connectivity index (χ3v) is 16.9. The van der Waals surface area contributed by atoms with Crippen LogP contribution in [0.5, 0.6) is 0 Å². The van der Waals surface area contributed by atoms with Gasteiger partial charge in [0.25, 0.3) is 0 Å². The molecule has 0 saturated heterocycles. The molecular weight excluding hydrogens is 849 g/mol. The molecule has 0 atom stereocenters. The first kappa shape index (κ1) is 37.3. The zero-order chi connectivity index (χ0) is 43.8. The van der Waals surface area contributed by atoms with Crippen molar-refractivity contribution in [2.75, 3.05) is 4.90 Å². The number of aromatic nitrogens is 1. The minimum absolute atomic E-state index is 0.563. The highest BCUT2D eigenvalue weighted by Crippen LogP contribution is 2.62. The Morgan fingerprint density at radius 3 is 1.79 bits per heavy atom. The fourth-order valence-corrected chi connectivity index (χ4v) is 14.2. The maximum atomic E-state index is 2.53. The van der Waals surface area contributed by atoms with Crippen LogP contribution in [0, 0.1) is 0 Å². The third kappa shape index (κ3) is 5.17. The van der Waals surface area contributed by atoms with Crippen molar-refractivity contribution in [3.05, 3.63) is 253 Å². The SMILES string of the molecule is c1ccc2c(c1)Sc1ccccc1C21c2cc(N(c3ccc4sc5ccccc5c4c3)c3ccc4c(c3)c3ccccc3n4-c3cccc4ccccc34)ccc2-c2cccc3cccc1c23. The Hall–Kier alpha value is -7.89. The number of nitrogens with zero attached hydrogens (tertiary/aromatic N) is 2. The van der Waals surface area contributed by atoms with E-state index in [1.54, 1.807) is 0 Å². The van der Waals surface area contributed by atoms with Crippen molar-refractivity contribution in [1.29, 1.82) is 0 Å². The average molecular weight is 887 g/mol. The van der Waals surface area contributed by atoms with Crippen molar-refractivity contribution < 1.29 is 0 Å². The summed E-state index contributed by atoms with van der Waals surface area (Å²) in [5.41, 5.74) is 14.2. The van der Waals surface area contributed by atoms with E-state index in [4.69, 9.17) is 0 Å². The Morgan fingerprint density at radius 1 is 0.358 bits per heavy atom. The zero-order valence-electron chi connectivity index (χ0n) is 36.2. The predicted molar refractivity (Wildman–Crippen MR) is 285 cm³/mol. The maximum Gasteiger partial charge on any atom is 0.0736 e. The second-order valence-electron chi connectivity index (χ2n) is 17.9. The molecule has 0 amide bonds. The number of hydrogen-bond donors (Lipinski definition) is 0. The van der Waals surface area contributed by atoms with E-state index in [0.29, 0.717) is 0 Å². The standard InChI is InChI=1S/C63H38N2S2/c1-2-18-44-39(14-1)15-13-26-55(44)65-56-25-7-3-19-46(56)49-36-41(31-34-57(49)65)64(42-32-35-59-50(37-42)47-20-4-8-27-58(47)66-59)43-30-33-45-48-21-11-16-40-17-12-24-53(62(40)48)63(54(45)38-43)51-22-5-9-28-60(51)67-61-29-10-6-23-52(61)63/h1-38H. The Morgan fingerprint density at radius 2 is 0.940 bits per heavy atom. The molecule has 11 aromatic carbocycles. The molecule has 1 spiro atoms. The second kappa shape index (κ2) is 14.1. The molecule has 0 radical (unpaired) electrons. The van der Waals surface area contributed by atoms with Gasteiger partial charge >= 0.3 is 0 Å². The van der Waals surface area contributed by atoms with Crippen LogP contribution in [0.25, 0.3) is 80.3 Å². The molecule has 4 heteroatoms. The van der Waals surface area contributed by atoms with E-state index >= 15 is 0 Å². The Kier molecular flexibility index (Phi) is 7.84. The highest BCUT2D eigenvalue weighted by atomic mass is 32.2. The maximum absolute atomic E-state index is 2.53. The van der Waals surface area contributed by atoms with E-state index < -0.39 is 5.41 Å². The van der Waals surface area contributed by atoms with E-state index in [2.05, 4.69) is 240 Å². The van der Waals surface area contributed by atoms with Gasteiger partial charge < -0.3 is 9.47 Å². The van der Waals surface area contributed by atoms with Gasteiger partial charge in [0.05, 0.1) is 22.1 Å². The fraction of sp³-hybridized carbons (Fsp3) is 0.0159. The topological polar surface area (TPSA) is 8.17 Å². The highest BCUT2D eigenvalue weighted by Gasteiger charge is 2.48. The van der Waals surface area contributed by atoms with Crippen molar-refractivity contribution >= 4 is 104 Å². The summed E-state index contributed by atoms with van der Waals surface area (Å²) in [6.45, 7) is 0.